The highest BCUT2D eigenvalue weighted by Gasteiger charge is 2.40. The number of hydrogen-bond donors (Lipinski definition) is 4. The van der Waals surface area contributed by atoms with E-state index >= 15 is 0 Å². The summed E-state index contributed by atoms with van der Waals surface area (Å²) in [5, 5.41) is 30.1. The van der Waals surface area contributed by atoms with Crippen LogP contribution in [0.2, 0.25) is 0 Å². The summed E-state index contributed by atoms with van der Waals surface area (Å²) in [5.74, 6) is -2.42. The number of likely N-dealkylation sites (tertiary alicyclic amines) is 1. The average molecular weight is 527 g/mol. The maximum Gasteiger partial charge on any atom is 0.328 e. The molecular formula is C28H38N4O6. The average Bonchev–Trinajstić information content (AvgIpc) is 2.92. The lowest BCUT2D eigenvalue weighted by Gasteiger charge is -2.36. The van der Waals surface area contributed by atoms with E-state index < -0.39 is 17.5 Å². The van der Waals surface area contributed by atoms with Gasteiger partial charge in [-0.15, -0.1) is 0 Å². The van der Waals surface area contributed by atoms with Crippen molar-refractivity contribution in [3.63, 3.8) is 0 Å². The van der Waals surface area contributed by atoms with E-state index in [1.165, 1.54) is 18.5 Å². The second-order valence-electron chi connectivity index (χ2n) is 9.69. The van der Waals surface area contributed by atoms with Gasteiger partial charge in [-0.3, -0.25) is 9.59 Å². The maximum atomic E-state index is 12.9. The van der Waals surface area contributed by atoms with Crippen molar-refractivity contribution in [2.75, 3.05) is 26.2 Å². The van der Waals surface area contributed by atoms with Crippen LogP contribution in [0, 0.1) is 11.3 Å². The largest absolute Gasteiger partial charge is 0.478 e. The Morgan fingerprint density at radius 3 is 2.11 bits per heavy atom. The topological polar surface area (TPSA) is 160 Å². The fourth-order valence-corrected chi connectivity index (χ4v) is 5.00. The molecule has 1 saturated heterocycles. The van der Waals surface area contributed by atoms with Crippen LogP contribution in [-0.4, -0.2) is 70.6 Å². The van der Waals surface area contributed by atoms with E-state index in [1.807, 2.05) is 18.2 Å². The van der Waals surface area contributed by atoms with E-state index in [4.69, 9.17) is 15.5 Å². The number of carbonyl (C=O) groups excluding carboxylic acids is 2. The molecule has 0 spiro atoms. The molecule has 1 aromatic rings. The molecule has 10 nitrogen and oxygen atoms in total. The normalized spacial score (nSPS) is 17.5. The summed E-state index contributed by atoms with van der Waals surface area (Å²) in [7, 11) is 0. The second kappa shape index (κ2) is 15.5. The Kier molecular flexibility index (Phi) is 12.5. The smallest absolute Gasteiger partial charge is 0.328 e. The van der Waals surface area contributed by atoms with Crippen LogP contribution in [-0.2, 0) is 14.4 Å². The lowest BCUT2D eigenvalue weighted by Crippen LogP contribution is -2.59. The molecule has 4 N–H and O–H groups in total. The first kappa shape index (κ1) is 30.5. The summed E-state index contributed by atoms with van der Waals surface area (Å²) in [6.07, 6.45) is 8.73. The van der Waals surface area contributed by atoms with Crippen molar-refractivity contribution in [1.82, 2.24) is 15.5 Å². The number of nitriles is 1. The molecule has 1 saturated carbocycles. The molecule has 0 unspecified atom stereocenters. The quantitative estimate of drug-likeness (QED) is 0.282. The molecule has 0 radical (unpaired) electrons. The summed E-state index contributed by atoms with van der Waals surface area (Å²) >= 11 is 0. The van der Waals surface area contributed by atoms with Crippen molar-refractivity contribution >= 4 is 23.8 Å². The number of nitrogens with zero attached hydrogens (tertiary/aromatic N) is 2. The molecule has 38 heavy (non-hydrogen) atoms. The van der Waals surface area contributed by atoms with Crippen molar-refractivity contribution in [3.8, 4) is 6.07 Å². The van der Waals surface area contributed by atoms with Crippen LogP contribution in [0.25, 0.3) is 0 Å². The van der Waals surface area contributed by atoms with E-state index in [2.05, 4.69) is 34.6 Å². The highest BCUT2D eigenvalue weighted by molar-refractivity contribution is 5.99. The van der Waals surface area contributed by atoms with Gasteiger partial charge in [0.1, 0.15) is 12.1 Å². The molecule has 0 bridgehead atoms. The highest BCUT2D eigenvalue weighted by Crippen LogP contribution is 2.30. The van der Waals surface area contributed by atoms with Gasteiger partial charge in [-0.2, -0.15) is 5.26 Å². The molecule has 0 atom stereocenters. The zero-order valence-electron chi connectivity index (χ0n) is 21.9. The molecule has 3 rings (SSSR count). The molecule has 1 aliphatic carbocycles. The standard InChI is InChI=1S/C24H34N4O2.C4H4O4/c1-2-16-28-17-10-20(11-18-28)19-6-8-21(9-7-19)22(29)27-24(12-4-3-5-13-24)23(30)26-15-14-25;5-3(6)1-2-4(7)8/h6-9,20H,2-5,10-13,15-18H2,1H3,(H,26,30)(H,27,29);1-2H,(H,5,6)(H,7,8)/b;2-1-. The minimum absolute atomic E-state index is 0.0395. The third-order valence-electron chi connectivity index (χ3n) is 6.96. The molecule has 2 fully saturated rings. The number of aliphatic carboxylic acids is 2. The zero-order chi connectivity index (χ0) is 28.0. The molecule has 0 aromatic heterocycles. The van der Waals surface area contributed by atoms with Gasteiger partial charge in [0.05, 0.1) is 6.07 Å². The van der Waals surface area contributed by atoms with Crippen molar-refractivity contribution in [3.05, 3.63) is 47.5 Å². The summed E-state index contributed by atoms with van der Waals surface area (Å²) in [6, 6.07) is 9.84. The Bertz CT molecular complexity index is 1000. The lowest BCUT2D eigenvalue weighted by molar-refractivity contribution is -0.134. The number of carbonyl (C=O) groups is 4. The van der Waals surface area contributed by atoms with E-state index in [0.717, 1.165) is 45.2 Å². The van der Waals surface area contributed by atoms with E-state index in [0.29, 0.717) is 36.5 Å². The van der Waals surface area contributed by atoms with Crippen LogP contribution in [0.5, 0.6) is 0 Å². The van der Waals surface area contributed by atoms with Gasteiger partial charge in [0.15, 0.2) is 0 Å². The van der Waals surface area contributed by atoms with Gasteiger partial charge >= 0.3 is 11.9 Å². The Morgan fingerprint density at radius 1 is 1.03 bits per heavy atom. The van der Waals surface area contributed by atoms with Crippen molar-refractivity contribution in [2.45, 2.75) is 69.7 Å². The Balaban J connectivity index is 0.000000550. The molecule has 2 aliphatic rings. The highest BCUT2D eigenvalue weighted by atomic mass is 16.4. The van der Waals surface area contributed by atoms with Crippen molar-refractivity contribution in [1.29, 1.82) is 5.26 Å². The summed E-state index contributed by atoms with van der Waals surface area (Å²) in [6.45, 7) is 5.64. The van der Waals surface area contributed by atoms with Gasteiger partial charge in [-0.25, -0.2) is 9.59 Å². The second-order valence-corrected chi connectivity index (χ2v) is 9.69. The number of carboxylic acid groups (broad SMARTS) is 2. The van der Waals surface area contributed by atoms with Crippen LogP contribution in [0.3, 0.4) is 0 Å². The van der Waals surface area contributed by atoms with Gasteiger partial charge in [0.2, 0.25) is 5.91 Å². The molecule has 1 heterocycles. The number of piperidine rings is 1. The number of nitrogens with one attached hydrogen (secondary N) is 2. The number of benzene rings is 1. The monoisotopic (exact) mass is 526 g/mol. The number of carboxylic acids is 2. The molecule has 1 aliphatic heterocycles. The van der Waals surface area contributed by atoms with Gasteiger partial charge in [-0.1, -0.05) is 38.3 Å². The summed E-state index contributed by atoms with van der Waals surface area (Å²) in [5.41, 5.74) is 0.971. The van der Waals surface area contributed by atoms with Gasteiger partial charge in [0, 0.05) is 17.7 Å². The van der Waals surface area contributed by atoms with Crippen LogP contribution < -0.4 is 10.6 Å². The van der Waals surface area contributed by atoms with E-state index in [1.54, 1.807) is 0 Å². The van der Waals surface area contributed by atoms with Crippen LogP contribution >= 0.6 is 0 Å². The number of rotatable bonds is 9. The minimum atomic E-state index is -1.26. The third kappa shape index (κ3) is 9.63. The van der Waals surface area contributed by atoms with E-state index in [9.17, 15) is 19.2 Å². The van der Waals surface area contributed by atoms with Gasteiger partial charge in [0.25, 0.3) is 5.91 Å². The fraction of sp³-hybridized carbons (Fsp3) is 0.536. The Morgan fingerprint density at radius 2 is 1.61 bits per heavy atom. The SMILES string of the molecule is CCCN1CCC(c2ccc(C(=O)NC3(C(=O)NCC#N)CCCCC3)cc2)CC1.O=C(O)/C=C\C(=O)O. The van der Waals surface area contributed by atoms with Crippen LogP contribution in [0.15, 0.2) is 36.4 Å². The van der Waals surface area contributed by atoms with Crippen molar-refractivity contribution in [2.24, 2.45) is 0 Å². The molecule has 2 amide bonds. The van der Waals surface area contributed by atoms with Crippen LogP contribution in [0.1, 0.15) is 80.1 Å². The first-order valence-electron chi connectivity index (χ1n) is 13.1. The first-order chi connectivity index (χ1) is 18.2. The molecule has 10 heteroatoms. The number of hydrogen-bond acceptors (Lipinski definition) is 6. The fourth-order valence-electron chi connectivity index (χ4n) is 5.00. The first-order valence-corrected chi connectivity index (χ1v) is 13.1. The van der Waals surface area contributed by atoms with Gasteiger partial charge in [-0.05, 0) is 75.4 Å². The van der Waals surface area contributed by atoms with Crippen LogP contribution in [0.4, 0.5) is 0 Å². The lowest BCUT2D eigenvalue weighted by atomic mass is 9.80. The Hall–Kier alpha value is -3.71. The predicted octanol–water partition coefficient (Wildman–Crippen LogP) is 3.06. The minimum Gasteiger partial charge on any atom is -0.478 e. The molecule has 206 valence electrons. The van der Waals surface area contributed by atoms with E-state index in [-0.39, 0.29) is 18.4 Å². The number of amides is 2. The van der Waals surface area contributed by atoms with Gasteiger partial charge < -0.3 is 25.7 Å². The maximum absolute atomic E-state index is 12.9. The molecule has 1 aromatic carbocycles. The summed E-state index contributed by atoms with van der Waals surface area (Å²) < 4.78 is 0. The zero-order valence-corrected chi connectivity index (χ0v) is 21.9. The van der Waals surface area contributed by atoms with Crippen molar-refractivity contribution < 1.29 is 29.4 Å². The summed E-state index contributed by atoms with van der Waals surface area (Å²) in [4.78, 5) is 47.3. The molecular weight excluding hydrogens is 488 g/mol. The third-order valence-corrected chi connectivity index (χ3v) is 6.96. The predicted molar refractivity (Wildman–Crippen MR) is 141 cm³/mol. The Labute approximate surface area is 223 Å².